The number of nitrogens with one attached hydrogen (secondary N) is 1. The number of halogens is 2. The van der Waals surface area contributed by atoms with Crippen molar-refractivity contribution < 1.29 is 9.18 Å². The molecule has 4 rings (SSSR count). The molecule has 1 aliphatic heterocycles. The van der Waals surface area contributed by atoms with Gasteiger partial charge in [-0.15, -0.1) is 0 Å². The highest BCUT2D eigenvalue weighted by Gasteiger charge is 2.20. The molecule has 0 fully saturated rings. The number of hydrogen-bond acceptors (Lipinski definition) is 4. The van der Waals surface area contributed by atoms with Gasteiger partial charge in [0.1, 0.15) is 17.2 Å². The Labute approximate surface area is 141 Å². The van der Waals surface area contributed by atoms with Gasteiger partial charge in [0.25, 0.3) is 5.91 Å². The second-order valence-electron chi connectivity index (χ2n) is 5.28. The summed E-state index contributed by atoms with van der Waals surface area (Å²) in [6.45, 7) is 1.14. The third-order valence-electron chi connectivity index (χ3n) is 3.71. The van der Waals surface area contributed by atoms with E-state index >= 15 is 0 Å². The van der Waals surface area contributed by atoms with E-state index in [-0.39, 0.29) is 17.3 Å². The molecule has 3 aromatic rings. The molecule has 1 aromatic carbocycles. The first-order chi connectivity index (χ1) is 11.6. The Morgan fingerprint density at radius 2 is 2.08 bits per heavy atom. The van der Waals surface area contributed by atoms with Crippen LogP contribution in [0.1, 0.15) is 10.5 Å². The van der Waals surface area contributed by atoms with Crippen LogP contribution < -0.4 is 5.32 Å². The van der Waals surface area contributed by atoms with E-state index in [2.05, 4.69) is 20.4 Å². The van der Waals surface area contributed by atoms with Gasteiger partial charge in [0.05, 0.1) is 17.8 Å². The van der Waals surface area contributed by atoms with Gasteiger partial charge < -0.3 is 5.32 Å². The second kappa shape index (κ2) is 5.68. The van der Waals surface area contributed by atoms with E-state index < -0.39 is 5.82 Å². The monoisotopic (exact) mass is 343 g/mol. The van der Waals surface area contributed by atoms with E-state index in [0.717, 1.165) is 0 Å². The van der Waals surface area contributed by atoms with Crippen LogP contribution in [0.4, 0.5) is 4.39 Å². The van der Waals surface area contributed by atoms with Crippen LogP contribution in [0.5, 0.6) is 0 Å². The average Bonchev–Trinajstić information content (AvgIpc) is 3.03. The van der Waals surface area contributed by atoms with Crippen LogP contribution in [0.2, 0.25) is 5.02 Å². The molecule has 120 valence electrons. The maximum absolute atomic E-state index is 14.0. The molecule has 0 bridgehead atoms. The largest absolute Gasteiger partial charge is 0.349 e. The van der Waals surface area contributed by atoms with Crippen molar-refractivity contribution in [3.05, 3.63) is 53.1 Å². The third-order valence-corrected chi connectivity index (χ3v) is 3.94. The predicted molar refractivity (Wildman–Crippen MR) is 86.0 cm³/mol. The van der Waals surface area contributed by atoms with E-state index in [0.29, 0.717) is 35.2 Å². The van der Waals surface area contributed by atoms with E-state index in [1.54, 1.807) is 16.8 Å². The molecule has 24 heavy (non-hydrogen) atoms. The zero-order valence-electron chi connectivity index (χ0n) is 12.3. The number of carbonyl (C=O) groups is 1. The van der Waals surface area contributed by atoms with Gasteiger partial charge in [-0.05, 0) is 30.3 Å². The molecule has 0 aliphatic carbocycles. The molecule has 2 aromatic heterocycles. The molecule has 8 heteroatoms. The van der Waals surface area contributed by atoms with E-state index in [4.69, 9.17) is 11.6 Å². The van der Waals surface area contributed by atoms with Crippen molar-refractivity contribution in [2.45, 2.75) is 6.54 Å². The van der Waals surface area contributed by atoms with Crippen molar-refractivity contribution in [2.24, 2.45) is 0 Å². The number of hydrogen-bond donors (Lipinski definition) is 1. The van der Waals surface area contributed by atoms with Crippen LogP contribution >= 0.6 is 11.6 Å². The Morgan fingerprint density at radius 3 is 2.92 bits per heavy atom. The lowest BCUT2D eigenvalue weighted by atomic mass is 10.2. The molecule has 3 heterocycles. The fourth-order valence-corrected chi connectivity index (χ4v) is 2.73. The van der Waals surface area contributed by atoms with Crippen LogP contribution in [-0.4, -0.2) is 32.2 Å². The summed E-state index contributed by atoms with van der Waals surface area (Å²) in [6.07, 6.45) is 1.52. The highest BCUT2D eigenvalue weighted by Crippen LogP contribution is 2.25. The molecule has 1 aliphatic rings. The SMILES string of the molecule is O=C1NCCn2nc(-c3ccnc(-c4cc(Cl)ccc4F)n3)cc21. The van der Waals surface area contributed by atoms with Crippen LogP contribution in [0.25, 0.3) is 22.8 Å². The minimum absolute atomic E-state index is 0.171. The maximum Gasteiger partial charge on any atom is 0.269 e. The smallest absolute Gasteiger partial charge is 0.269 e. The summed E-state index contributed by atoms with van der Waals surface area (Å²) in [6, 6.07) is 7.54. The molecule has 1 N–H and O–H groups in total. The minimum atomic E-state index is -0.458. The summed E-state index contributed by atoms with van der Waals surface area (Å²) >= 11 is 5.93. The second-order valence-corrected chi connectivity index (χ2v) is 5.72. The van der Waals surface area contributed by atoms with Gasteiger partial charge in [0.2, 0.25) is 0 Å². The van der Waals surface area contributed by atoms with Crippen molar-refractivity contribution in [1.29, 1.82) is 0 Å². The summed E-state index contributed by atoms with van der Waals surface area (Å²) in [5.74, 6) is -0.418. The molecule has 0 radical (unpaired) electrons. The molecular weight excluding hydrogens is 333 g/mol. The van der Waals surface area contributed by atoms with Crippen molar-refractivity contribution in [3.63, 3.8) is 0 Å². The zero-order chi connectivity index (χ0) is 16.7. The van der Waals surface area contributed by atoms with Crippen LogP contribution in [0.15, 0.2) is 36.5 Å². The van der Waals surface area contributed by atoms with Crippen molar-refractivity contribution >= 4 is 17.5 Å². The maximum atomic E-state index is 14.0. The molecule has 0 unspecified atom stereocenters. The van der Waals surface area contributed by atoms with E-state index in [1.165, 1.54) is 24.4 Å². The Hall–Kier alpha value is -2.80. The first-order valence-corrected chi connectivity index (χ1v) is 7.64. The van der Waals surface area contributed by atoms with Gasteiger partial charge in [0.15, 0.2) is 5.82 Å². The summed E-state index contributed by atoms with van der Waals surface area (Å²) < 4.78 is 15.6. The van der Waals surface area contributed by atoms with Gasteiger partial charge in [-0.1, -0.05) is 11.6 Å². The molecular formula is C16H11ClFN5O. The first kappa shape index (κ1) is 14.8. The summed E-state index contributed by atoms with van der Waals surface area (Å²) in [4.78, 5) is 20.3. The standard InChI is InChI=1S/C16H11ClFN5O/c17-9-1-2-11(18)10(7-9)15-19-4-3-12(21-15)13-8-14-16(24)20-5-6-23(14)22-13/h1-4,7-8H,5-6H2,(H,20,24). The highest BCUT2D eigenvalue weighted by atomic mass is 35.5. The quantitative estimate of drug-likeness (QED) is 0.776. The van der Waals surface area contributed by atoms with E-state index in [1.807, 2.05) is 0 Å². The number of amides is 1. The van der Waals surface area contributed by atoms with Gasteiger partial charge >= 0.3 is 0 Å². The molecule has 0 saturated carbocycles. The van der Waals surface area contributed by atoms with Gasteiger partial charge in [0, 0.05) is 17.8 Å². The number of benzene rings is 1. The lowest BCUT2D eigenvalue weighted by molar-refractivity contribution is 0.0924. The molecule has 1 amide bonds. The summed E-state index contributed by atoms with van der Waals surface area (Å²) in [7, 11) is 0. The molecule has 0 saturated heterocycles. The van der Waals surface area contributed by atoms with Crippen LogP contribution in [0, 0.1) is 5.82 Å². The van der Waals surface area contributed by atoms with Gasteiger partial charge in [-0.3, -0.25) is 9.48 Å². The molecule has 6 nitrogen and oxygen atoms in total. The lowest BCUT2D eigenvalue weighted by Crippen LogP contribution is -2.35. The van der Waals surface area contributed by atoms with Crippen molar-refractivity contribution in [2.75, 3.05) is 6.54 Å². The third kappa shape index (κ3) is 2.52. The Bertz CT molecular complexity index is 955. The Balaban J connectivity index is 1.78. The Morgan fingerprint density at radius 1 is 1.21 bits per heavy atom. The van der Waals surface area contributed by atoms with Crippen LogP contribution in [0.3, 0.4) is 0 Å². The number of nitrogens with zero attached hydrogens (tertiary/aromatic N) is 4. The number of carbonyl (C=O) groups excluding carboxylic acids is 1. The number of aromatic nitrogens is 4. The number of rotatable bonds is 2. The average molecular weight is 344 g/mol. The molecule has 0 atom stereocenters. The van der Waals surface area contributed by atoms with Crippen LogP contribution in [-0.2, 0) is 6.54 Å². The highest BCUT2D eigenvalue weighted by molar-refractivity contribution is 6.30. The summed E-state index contributed by atoms with van der Waals surface area (Å²) in [5, 5.41) is 7.55. The van der Waals surface area contributed by atoms with Crippen molar-refractivity contribution in [3.8, 4) is 22.8 Å². The summed E-state index contributed by atoms with van der Waals surface area (Å²) in [5.41, 5.74) is 1.73. The number of fused-ring (bicyclic) bond motifs is 1. The first-order valence-electron chi connectivity index (χ1n) is 7.27. The van der Waals surface area contributed by atoms with Gasteiger partial charge in [-0.25, -0.2) is 14.4 Å². The lowest BCUT2D eigenvalue weighted by Gasteiger charge is -2.13. The normalized spacial score (nSPS) is 13.5. The predicted octanol–water partition coefficient (Wildman–Crippen LogP) is 2.54. The van der Waals surface area contributed by atoms with Gasteiger partial charge in [-0.2, -0.15) is 5.10 Å². The van der Waals surface area contributed by atoms with E-state index in [9.17, 15) is 9.18 Å². The zero-order valence-corrected chi connectivity index (χ0v) is 13.1. The minimum Gasteiger partial charge on any atom is -0.349 e. The molecule has 0 spiro atoms. The fourth-order valence-electron chi connectivity index (χ4n) is 2.56. The van der Waals surface area contributed by atoms with Crippen molar-refractivity contribution in [1.82, 2.24) is 25.1 Å². The topological polar surface area (TPSA) is 72.7 Å². The Kier molecular flexibility index (Phi) is 3.50. The fraction of sp³-hybridized carbons (Fsp3) is 0.125.